The number of allylic oxidation sites excluding steroid dienone is 6. The SMILES string of the molecule is CCCCC/C=C\C/C=C\C/C=C\CCCCCCCCCCC(=O)OCC(O)COP(=O)(O)OCC(O)COP(=O)(O)OCC(O)COC(=O)CCCCCCCCCCCCCCC. The molecule has 5 atom stereocenters. The van der Waals surface area contributed by atoms with Crippen molar-refractivity contribution < 1.29 is 71.4 Å². The molecule has 0 aromatic rings. The summed E-state index contributed by atoms with van der Waals surface area (Å²) in [6, 6.07) is 0. The summed E-state index contributed by atoms with van der Waals surface area (Å²) in [5.74, 6) is -0.998. The Bertz CT molecular complexity index is 1330. The van der Waals surface area contributed by atoms with Gasteiger partial charge >= 0.3 is 27.6 Å². The Kier molecular flexibility index (Phi) is 44.5. The maximum absolute atomic E-state index is 12.2. The number of phosphoric acid groups is 2. The first-order valence-corrected chi connectivity index (χ1v) is 28.3. The van der Waals surface area contributed by atoms with Gasteiger partial charge in [-0.25, -0.2) is 9.13 Å². The molecule has 0 saturated heterocycles. The molecule has 0 bridgehead atoms. The number of ether oxygens (including phenoxy) is 2. The summed E-state index contributed by atoms with van der Waals surface area (Å²) >= 11 is 0. The van der Waals surface area contributed by atoms with Gasteiger partial charge in [-0.3, -0.25) is 27.7 Å². The number of esters is 2. The first kappa shape index (κ1) is 64.3. The molecule has 5 unspecified atom stereocenters. The van der Waals surface area contributed by atoms with E-state index in [4.69, 9.17) is 14.0 Å². The highest BCUT2D eigenvalue weighted by Gasteiger charge is 2.28. The zero-order chi connectivity index (χ0) is 48.8. The van der Waals surface area contributed by atoms with E-state index in [-0.39, 0.29) is 12.8 Å². The maximum atomic E-state index is 12.2. The van der Waals surface area contributed by atoms with E-state index >= 15 is 0 Å². The third-order valence-corrected chi connectivity index (χ3v) is 12.5. The molecule has 0 amide bonds. The van der Waals surface area contributed by atoms with Crippen LogP contribution >= 0.6 is 15.6 Å². The van der Waals surface area contributed by atoms with E-state index in [9.17, 15) is 43.8 Å². The van der Waals surface area contributed by atoms with Crippen molar-refractivity contribution in [3.8, 4) is 0 Å². The Morgan fingerprint density at radius 2 is 0.652 bits per heavy atom. The van der Waals surface area contributed by atoms with E-state index in [1.807, 2.05) is 0 Å². The van der Waals surface area contributed by atoms with Gasteiger partial charge in [0.05, 0.1) is 26.4 Å². The van der Waals surface area contributed by atoms with E-state index in [1.165, 1.54) is 103 Å². The molecule has 0 fully saturated rings. The second-order valence-corrected chi connectivity index (χ2v) is 20.1. The zero-order valence-corrected chi connectivity index (χ0v) is 42.7. The lowest BCUT2D eigenvalue weighted by Crippen LogP contribution is -2.25. The highest BCUT2D eigenvalue weighted by atomic mass is 31.2. The number of aliphatic hydroxyl groups is 3. The third kappa shape index (κ3) is 47.3. The largest absolute Gasteiger partial charge is 0.472 e. The quantitative estimate of drug-likeness (QED) is 0.0165. The highest BCUT2D eigenvalue weighted by Crippen LogP contribution is 2.45. The summed E-state index contributed by atoms with van der Waals surface area (Å²) in [7, 11) is -9.57. The van der Waals surface area contributed by atoms with Crippen LogP contribution in [0.25, 0.3) is 0 Å². The Balaban J connectivity index is 3.86. The molecule has 0 rings (SSSR count). The number of carbonyl (C=O) groups excluding carboxylic acids is 2. The molecule has 0 aliphatic heterocycles. The van der Waals surface area contributed by atoms with Crippen LogP contribution in [0.5, 0.6) is 0 Å². The van der Waals surface area contributed by atoms with Crippen molar-refractivity contribution in [3.05, 3.63) is 36.5 Å². The van der Waals surface area contributed by atoms with Crippen LogP contribution in [0.4, 0.5) is 0 Å². The van der Waals surface area contributed by atoms with Gasteiger partial charge in [0.25, 0.3) is 0 Å². The monoisotopic (exact) mass is 983 g/mol. The lowest BCUT2D eigenvalue weighted by atomic mass is 10.0. The second kappa shape index (κ2) is 45.7. The molecule has 0 aromatic heterocycles. The minimum atomic E-state index is -4.79. The molecular weight excluding hydrogens is 890 g/mol. The standard InChI is InChI=1S/C49H92O15P2/c1-3-5-7-9-11-13-15-17-18-19-20-21-22-23-24-26-28-30-32-34-36-38-49(54)60-40-46(51)42-62-66(57,58)64-44-47(52)43-63-65(55,56)61-41-45(50)39-59-48(53)37-35-33-31-29-27-25-16-14-12-10-8-6-4-2/h11,13,17-18,20-21,45-47,50-52H,3-10,12,14-16,19,22-44H2,1-2H3,(H,55,56)(H,57,58)/b13-11-,18-17-,21-20-. The van der Waals surface area contributed by atoms with E-state index in [1.54, 1.807) is 0 Å². The summed E-state index contributed by atoms with van der Waals surface area (Å²) in [4.78, 5) is 43.8. The van der Waals surface area contributed by atoms with E-state index in [2.05, 4.69) is 63.9 Å². The summed E-state index contributed by atoms with van der Waals surface area (Å²) in [6.45, 7) is 0.404. The van der Waals surface area contributed by atoms with Crippen LogP contribution in [0.2, 0.25) is 0 Å². The van der Waals surface area contributed by atoms with Gasteiger partial charge in [-0.2, -0.15) is 0 Å². The van der Waals surface area contributed by atoms with Crippen molar-refractivity contribution in [3.63, 3.8) is 0 Å². The second-order valence-electron chi connectivity index (χ2n) is 17.2. The van der Waals surface area contributed by atoms with Gasteiger partial charge in [0, 0.05) is 12.8 Å². The van der Waals surface area contributed by atoms with Gasteiger partial charge in [0.15, 0.2) is 0 Å². The number of rotatable bonds is 49. The van der Waals surface area contributed by atoms with Crippen LogP contribution in [-0.4, -0.2) is 95.0 Å². The van der Waals surface area contributed by atoms with E-state index < -0.39 is 85.5 Å². The van der Waals surface area contributed by atoms with Crippen LogP contribution in [-0.2, 0) is 46.3 Å². The summed E-state index contributed by atoms with van der Waals surface area (Å²) in [5.41, 5.74) is 0. The summed E-state index contributed by atoms with van der Waals surface area (Å²) < 4.78 is 53.0. The van der Waals surface area contributed by atoms with Crippen LogP contribution < -0.4 is 0 Å². The van der Waals surface area contributed by atoms with Crippen LogP contribution in [0.3, 0.4) is 0 Å². The maximum Gasteiger partial charge on any atom is 0.472 e. The number of aliphatic hydroxyl groups excluding tert-OH is 3. The number of phosphoric ester groups is 2. The molecule has 0 spiro atoms. The molecule has 0 aliphatic rings. The van der Waals surface area contributed by atoms with Crippen molar-refractivity contribution in [1.82, 2.24) is 0 Å². The molecule has 0 radical (unpaired) electrons. The fourth-order valence-corrected chi connectivity index (χ4v) is 8.22. The minimum Gasteiger partial charge on any atom is -0.463 e. The Morgan fingerprint density at radius 1 is 0.394 bits per heavy atom. The van der Waals surface area contributed by atoms with Gasteiger partial charge in [-0.1, -0.05) is 179 Å². The van der Waals surface area contributed by atoms with Crippen molar-refractivity contribution in [2.24, 2.45) is 0 Å². The van der Waals surface area contributed by atoms with Gasteiger partial charge in [-0.05, 0) is 51.4 Å². The number of carbonyl (C=O) groups is 2. The smallest absolute Gasteiger partial charge is 0.463 e. The fraction of sp³-hybridized carbons (Fsp3) is 0.837. The number of hydrogen-bond donors (Lipinski definition) is 5. The normalized spacial score (nSPS) is 15.3. The highest BCUT2D eigenvalue weighted by molar-refractivity contribution is 7.47. The molecule has 5 N–H and O–H groups in total. The van der Waals surface area contributed by atoms with E-state index in [0.29, 0.717) is 12.8 Å². The van der Waals surface area contributed by atoms with Crippen molar-refractivity contribution in [1.29, 1.82) is 0 Å². The Hall–Kier alpha value is -1.74. The first-order valence-electron chi connectivity index (χ1n) is 25.3. The van der Waals surface area contributed by atoms with Crippen molar-refractivity contribution >= 4 is 27.6 Å². The predicted octanol–water partition coefficient (Wildman–Crippen LogP) is 11.8. The third-order valence-electron chi connectivity index (χ3n) is 10.6. The molecule has 0 aromatic carbocycles. The molecule has 0 saturated carbocycles. The molecule has 15 nitrogen and oxygen atoms in total. The van der Waals surface area contributed by atoms with Crippen LogP contribution in [0.15, 0.2) is 36.5 Å². The number of hydrogen-bond acceptors (Lipinski definition) is 13. The van der Waals surface area contributed by atoms with E-state index in [0.717, 1.165) is 64.2 Å². The van der Waals surface area contributed by atoms with Crippen LogP contribution in [0, 0.1) is 0 Å². The topological polar surface area (TPSA) is 225 Å². The molecule has 0 aliphatic carbocycles. The zero-order valence-electron chi connectivity index (χ0n) is 40.9. The molecule has 0 heterocycles. The molecule has 17 heteroatoms. The minimum absolute atomic E-state index is 0.188. The Morgan fingerprint density at radius 3 is 1.00 bits per heavy atom. The summed E-state index contributed by atoms with van der Waals surface area (Å²) in [5, 5.41) is 30.0. The Labute approximate surface area is 398 Å². The molecule has 388 valence electrons. The molecular formula is C49H92O15P2. The van der Waals surface area contributed by atoms with Crippen molar-refractivity contribution in [2.45, 2.75) is 225 Å². The lowest BCUT2D eigenvalue weighted by molar-refractivity contribution is -0.148. The molecule has 66 heavy (non-hydrogen) atoms. The van der Waals surface area contributed by atoms with Gasteiger partial charge in [-0.15, -0.1) is 0 Å². The van der Waals surface area contributed by atoms with Gasteiger partial charge in [0.2, 0.25) is 0 Å². The fourth-order valence-electron chi connectivity index (χ4n) is 6.63. The van der Waals surface area contributed by atoms with Gasteiger partial charge < -0.3 is 34.6 Å². The average Bonchev–Trinajstić information content (AvgIpc) is 3.29. The first-order chi connectivity index (χ1) is 31.8. The lowest BCUT2D eigenvalue weighted by Gasteiger charge is -2.19. The summed E-state index contributed by atoms with van der Waals surface area (Å²) in [6.07, 6.45) is 41.3. The predicted molar refractivity (Wildman–Crippen MR) is 261 cm³/mol. The number of unbranched alkanes of at least 4 members (excludes halogenated alkanes) is 23. The van der Waals surface area contributed by atoms with Gasteiger partial charge in [0.1, 0.15) is 31.5 Å². The van der Waals surface area contributed by atoms with Crippen molar-refractivity contribution in [2.75, 3.05) is 39.6 Å². The average molecular weight is 983 g/mol. The van der Waals surface area contributed by atoms with Crippen LogP contribution in [0.1, 0.15) is 206 Å².